The van der Waals surface area contributed by atoms with Crippen LogP contribution in [0, 0.1) is 17.1 Å². The highest BCUT2D eigenvalue weighted by atomic mass is 79.9. The molecule has 108 valence electrons. The van der Waals surface area contributed by atoms with Crippen LogP contribution < -0.4 is 10.6 Å². The first-order valence-electron chi connectivity index (χ1n) is 6.17. The van der Waals surface area contributed by atoms with Gasteiger partial charge in [0.25, 0.3) is 0 Å². The molecular formula is C14H17BrFN3O. The van der Waals surface area contributed by atoms with Crippen molar-refractivity contribution >= 4 is 27.5 Å². The highest BCUT2D eigenvalue weighted by Gasteiger charge is 2.14. The molecule has 0 atom stereocenters. The lowest BCUT2D eigenvalue weighted by Crippen LogP contribution is -2.41. The molecule has 20 heavy (non-hydrogen) atoms. The van der Waals surface area contributed by atoms with Crippen molar-refractivity contribution in [1.82, 2.24) is 5.32 Å². The normalized spacial score (nSPS) is 10.8. The van der Waals surface area contributed by atoms with E-state index in [4.69, 9.17) is 5.26 Å². The fourth-order valence-electron chi connectivity index (χ4n) is 1.56. The maximum Gasteiger partial charge on any atom is 0.222 e. The second-order valence-corrected chi connectivity index (χ2v) is 6.17. The number of nitrogens with one attached hydrogen (secondary N) is 2. The van der Waals surface area contributed by atoms with Crippen LogP contribution in [-0.4, -0.2) is 18.0 Å². The number of nitriles is 1. The Balaban J connectivity index is 2.58. The molecular weight excluding hydrogens is 325 g/mol. The average molecular weight is 342 g/mol. The quantitative estimate of drug-likeness (QED) is 0.883. The number of carbonyl (C=O) groups is 1. The molecule has 0 saturated heterocycles. The monoisotopic (exact) mass is 341 g/mol. The minimum Gasteiger partial charge on any atom is -0.382 e. The Labute approximate surface area is 126 Å². The van der Waals surface area contributed by atoms with Crippen molar-refractivity contribution in [2.45, 2.75) is 32.7 Å². The summed E-state index contributed by atoms with van der Waals surface area (Å²) in [4.78, 5) is 11.6. The van der Waals surface area contributed by atoms with Crippen molar-refractivity contribution in [3.63, 3.8) is 0 Å². The van der Waals surface area contributed by atoms with E-state index >= 15 is 0 Å². The van der Waals surface area contributed by atoms with Crippen molar-refractivity contribution < 1.29 is 9.18 Å². The maximum atomic E-state index is 13.9. The molecule has 0 radical (unpaired) electrons. The number of benzene rings is 1. The summed E-state index contributed by atoms with van der Waals surface area (Å²) >= 11 is 3.04. The first-order valence-corrected chi connectivity index (χ1v) is 6.97. The number of hydrogen-bond donors (Lipinski definition) is 2. The Kier molecular flexibility index (Phi) is 5.52. The summed E-state index contributed by atoms with van der Waals surface area (Å²) in [5.41, 5.74) is 0.220. The highest BCUT2D eigenvalue weighted by molar-refractivity contribution is 9.10. The number of anilines is 1. The fraction of sp³-hybridized carbons (Fsp3) is 0.429. The van der Waals surface area contributed by atoms with Gasteiger partial charge in [-0.25, -0.2) is 4.39 Å². The van der Waals surface area contributed by atoms with Crippen LogP contribution in [0.15, 0.2) is 16.6 Å². The Morgan fingerprint density at radius 1 is 1.45 bits per heavy atom. The number of amides is 1. The van der Waals surface area contributed by atoms with Gasteiger partial charge in [-0.15, -0.1) is 0 Å². The molecule has 0 aromatic heterocycles. The van der Waals surface area contributed by atoms with Crippen molar-refractivity contribution in [3.8, 4) is 6.07 Å². The van der Waals surface area contributed by atoms with E-state index in [1.54, 1.807) is 0 Å². The predicted octanol–water partition coefficient (Wildman–Crippen LogP) is 3.18. The minimum atomic E-state index is -0.528. The molecule has 4 nitrogen and oxygen atoms in total. The molecule has 1 aromatic rings. The van der Waals surface area contributed by atoms with Crippen molar-refractivity contribution in [3.05, 3.63) is 28.0 Å². The zero-order valence-corrected chi connectivity index (χ0v) is 13.3. The van der Waals surface area contributed by atoms with Crippen molar-refractivity contribution in [2.75, 3.05) is 11.9 Å². The van der Waals surface area contributed by atoms with Crippen LogP contribution in [-0.2, 0) is 4.79 Å². The molecule has 1 amide bonds. The van der Waals surface area contributed by atoms with Gasteiger partial charge in [0.2, 0.25) is 5.91 Å². The summed E-state index contributed by atoms with van der Waals surface area (Å²) < 4.78 is 14.0. The van der Waals surface area contributed by atoms with Gasteiger partial charge in [-0.05, 0) is 48.8 Å². The molecule has 2 N–H and O–H groups in total. The number of rotatable bonds is 4. The van der Waals surface area contributed by atoms with Crippen molar-refractivity contribution in [1.29, 1.82) is 5.26 Å². The fourth-order valence-corrected chi connectivity index (χ4v) is 2.00. The molecule has 0 spiro atoms. The van der Waals surface area contributed by atoms with E-state index in [2.05, 4.69) is 26.6 Å². The van der Waals surface area contributed by atoms with Gasteiger partial charge in [-0.3, -0.25) is 4.79 Å². The lowest BCUT2D eigenvalue weighted by Gasteiger charge is -2.20. The van der Waals surface area contributed by atoms with E-state index in [1.165, 1.54) is 12.1 Å². The van der Waals surface area contributed by atoms with E-state index in [9.17, 15) is 9.18 Å². The first-order chi connectivity index (χ1) is 9.24. The third-order valence-electron chi connectivity index (χ3n) is 2.38. The van der Waals surface area contributed by atoms with Crippen LogP contribution in [0.2, 0.25) is 0 Å². The predicted molar refractivity (Wildman–Crippen MR) is 79.8 cm³/mol. The van der Waals surface area contributed by atoms with Gasteiger partial charge in [0.05, 0.1) is 15.7 Å². The van der Waals surface area contributed by atoms with Crippen LogP contribution >= 0.6 is 15.9 Å². The third-order valence-corrected chi connectivity index (χ3v) is 3.16. The highest BCUT2D eigenvalue weighted by Crippen LogP contribution is 2.26. The number of hydrogen-bond acceptors (Lipinski definition) is 3. The zero-order valence-electron chi connectivity index (χ0n) is 11.7. The Hall–Kier alpha value is -1.61. The second kappa shape index (κ2) is 6.71. The van der Waals surface area contributed by atoms with Gasteiger partial charge in [-0.2, -0.15) is 5.26 Å². The summed E-state index contributed by atoms with van der Waals surface area (Å²) in [5.74, 6) is -0.626. The van der Waals surface area contributed by atoms with Gasteiger partial charge in [0, 0.05) is 18.5 Å². The van der Waals surface area contributed by atoms with E-state index in [1.807, 2.05) is 26.8 Å². The summed E-state index contributed by atoms with van der Waals surface area (Å²) in [6, 6.07) is 4.89. The second-order valence-electron chi connectivity index (χ2n) is 5.38. The van der Waals surface area contributed by atoms with Crippen LogP contribution in [0.5, 0.6) is 0 Å². The first kappa shape index (κ1) is 16.4. The SMILES string of the molecule is CC(C)(C)NC(=O)CCNc1ccc(C#N)c(Br)c1F. The van der Waals surface area contributed by atoms with Gasteiger partial charge in [0.15, 0.2) is 5.82 Å². The number of carbonyl (C=O) groups excluding carboxylic acids is 1. The summed E-state index contributed by atoms with van der Waals surface area (Å²) in [6.07, 6.45) is 0.244. The van der Waals surface area contributed by atoms with E-state index in [0.717, 1.165) is 0 Å². The van der Waals surface area contributed by atoms with Gasteiger partial charge >= 0.3 is 0 Å². The molecule has 0 saturated carbocycles. The molecule has 0 aliphatic rings. The standard InChI is InChI=1S/C14H17BrFN3O/c1-14(2,3)19-11(20)6-7-18-10-5-4-9(8-17)12(15)13(10)16/h4-5,18H,6-7H2,1-3H3,(H,19,20). The van der Waals surface area contributed by atoms with Crippen LogP contribution in [0.4, 0.5) is 10.1 Å². The summed E-state index contributed by atoms with van der Waals surface area (Å²) in [6.45, 7) is 6.01. The topological polar surface area (TPSA) is 64.9 Å². The van der Waals surface area contributed by atoms with Crippen LogP contribution in [0.1, 0.15) is 32.8 Å². The van der Waals surface area contributed by atoms with Gasteiger partial charge in [0.1, 0.15) is 6.07 Å². The molecule has 1 aromatic carbocycles. The van der Waals surface area contributed by atoms with E-state index < -0.39 is 5.82 Å². The molecule has 0 aliphatic carbocycles. The lowest BCUT2D eigenvalue weighted by atomic mass is 10.1. The molecule has 0 fully saturated rings. The van der Waals surface area contributed by atoms with Crippen LogP contribution in [0.25, 0.3) is 0 Å². The van der Waals surface area contributed by atoms with E-state index in [-0.39, 0.29) is 33.6 Å². The molecule has 0 bridgehead atoms. The zero-order chi connectivity index (χ0) is 15.3. The van der Waals surface area contributed by atoms with E-state index in [0.29, 0.717) is 6.54 Å². The summed E-state index contributed by atoms with van der Waals surface area (Å²) in [5, 5.41) is 14.4. The number of halogens is 2. The smallest absolute Gasteiger partial charge is 0.222 e. The Bertz CT molecular complexity index is 547. The Morgan fingerprint density at radius 2 is 2.10 bits per heavy atom. The number of nitrogens with zero attached hydrogens (tertiary/aromatic N) is 1. The Morgan fingerprint density at radius 3 is 2.65 bits per heavy atom. The molecule has 0 aliphatic heterocycles. The van der Waals surface area contributed by atoms with Gasteiger partial charge < -0.3 is 10.6 Å². The molecule has 0 heterocycles. The molecule has 1 rings (SSSR count). The molecule has 6 heteroatoms. The minimum absolute atomic E-state index is 0.0990. The largest absolute Gasteiger partial charge is 0.382 e. The van der Waals surface area contributed by atoms with Gasteiger partial charge in [-0.1, -0.05) is 0 Å². The summed E-state index contributed by atoms with van der Waals surface area (Å²) in [7, 11) is 0. The average Bonchev–Trinajstić information content (AvgIpc) is 2.32. The van der Waals surface area contributed by atoms with Crippen LogP contribution in [0.3, 0.4) is 0 Å². The van der Waals surface area contributed by atoms with Crippen molar-refractivity contribution in [2.24, 2.45) is 0 Å². The third kappa shape index (κ3) is 4.82. The molecule has 0 unspecified atom stereocenters. The lowest BCUT2D eigenvalue weighted by molar-refractivity contribution is -0.122. The maximum absolute atomic E-state index is 13.9.